The highest BCUT2D eigenvalue weighted by atomic mass is 19.1. The molecule has 0 unspecified atom stereocenters. The Bertz CT molecular complexity index is 405. The Labute approximate surface area is 87.5 Å². The van der Waals surface area contributed by atoms with E-state index in [1.54, 1.807) is 7.05 Å². The molecule has 15 heavy (non-hydrogen) atoms. The molecule has 0 atom stereocenters. The van der Waals surface area contributed by atoms with Crippen molar-refractivity contribution in [3.63, 3.8) is 0 Å². The molecule has 0 saturated heterocycles. The number of hydrogen-bond donors (Lipinski definition) is 2. The summed E-state index contributed by atoms with van der Waals surface area (Å²) in [5.41, 5.74) is 5.50. The van der Waals surface area contributed by atoms with E-state index in [-0.39, 0.29) is 11.3 Å². The van der Waals surface area contributed by atoms with Gasteiger partial charge in [-0.1, -0.05) is 11.8 Å². The van der Waals surface area contributed by atoms with Crippen LogP contribution in [0.1, 0.15) is 12.0 Å². The molecule has 0 spiro atoms. The van der Waals surface area contributed by atoms with Crippen molar-refractivity contribution >= 4 is 5.69 Å². The molecule has 80 valence electrons. The van der Waals surface area contributed by atoms with Crippen LogP contribution in [0.25, 0.3) is 0 Å². The van der Waals surface area contributed by atoms with E-state index in [9.17, 15) is 8.78 Å². The smallest absolute Gasteiger partial charge is 0.150 e. The molecule has 0 bridgehead atoms. The van der Waals surface area contributed by atoms with Crippen molar-refractivity contribution in [1.82, 2.24) is 5.32 Å². The van der Waals surface area contributed by atoms with Crippen molar-refractivity contribution in [2.24, 2.45) is 0 Å². The highest BCUT2D eigenvalue weighted by Gasteiger charge is 2.05. The number of anilines is 1. The highest BCUT2D eigenvalue weighted by molar-refractivity contribution is 5.56. The first kappa shape index (κ1) is 11.5. The van der Waals surface area contributed by atoms with Crippen molar-refractivity contribution in [1.29, 1.82) is 0 Å². The highest BCUT2D eigenvalue weighted by Crippen LogP contribution is 2.16. The van der Waals surface area contributed by atoms with Crippen LogP contribution in [0.2, 0.25) is 0 Å². The average molecular weight is 210 g/mol. The zero-order valence-electron chi connectivity index (χ0n) is 8.40. The molecule has 3 N–H and O–H groups in total. The second-order valence-electron chi connectivity index (χ2n) is 3.00. The zero-order valence-corrected chi connectivity index (χ0v) is 8.40. The summed E-state index contributed by atoms with van der Waals surface area (Å²) in [7, 11) is 1.80. The fraction of sp³-hybridized carbons (Fsp3) is 0.273. The molecule has 0 fully saturated rings. The van der Waals surface area contributed by atoms with E-state index in [0.29, 0.717) is 6.42 Å². The summed E-state index contributed by atoms with van der Waals surface area (Å²) in [6.07, 6.45) is 0.605. The van der Waals surface area contributed by atoms with Crippen LogP contribution in [-0.2, 0) is 0 Å². The Balaban J connectivity index is 2.88. The van der Waals surface area contributed by atoms with Crippen LogP contribution in [0.4, 0.5) is 14.5 Å². The monoisotopic (exact) mass is 210 g/mol. The molecule has 0 heterocycles. The van der Waals surface area contributed by atoms with Gasteiger partial charge in [-0.3, -0.25) is 0 Å². The predicted octanol–water partition coefficient (Wildman–Crippen LogP) is 1.51. The number of benzene rings is 1. The third kappa shape index (κ3) is 3.22. The Morgan fingerprint density at radius 2 is 2.13 bits per heavy atom. The third-order valence-electron chi connectivity index (χ3n) is 1.82. The number of nitrogens with one attached hydrogen (secondary N) is 1. The van der Waals surface area contributed by atoms with Gasteiger partial charge < -0.3 is 11.1 Å². The van der Waals surface area contributed by atoms with Crippen LogP contribution in [0, 0.1) is 23.5 Å². The van der Waals surface area contributed by atoms with Gasteiger partial charge in [0, 0.05) is 19.0 Å². The van der Waals surface area contributed by atoms with E-state index >= 15 is 0 Å². The van der Waals surface area contributed by atoms with Gasteiger partial charge in [0.2, 0.25) is 0 Å². The van der Waals surface area contributed by atoms with Gasteiger partial charge in [-0.15, -0.1) is 0 Å². The fourth-order valence-corrected chi connectivity index (χ4v) is 1.03. The van der Waals surface area contributed by atoms with E-state index in [4.69, 9.17) is 5.73 Å². The lowest BCUT2D eigenvalue weighted by atomic mass is 10.1. The van der Waals surface area contributed by atoms with Crippen LogP contribution in [0.5, 0.6) is 0 Å². The number of rotatable bonds is 2. The maximum atomic E-state index is 13.0. The number of nitrogens with two attached hydrogens (primary N) is 1. The van der Waals surface area contributed by atoms with Gasteiger partial charge in [-0.25, -0.2) is 8.78 Å². The third-order valence-corrected chi connectivity index (χ3v) is 1.82. The largest absolute Gasteiger partial charge is 0.395 e. The van der Waals surface area contributed by atoms with Crippen LogP contribution in [0.3, 0.4) is 0 Å². The summed E-state index contributed by atoms with van der Waals surface area (Å²) >= 11 is 0. The van der Waals surface area contributed by atoms with Crippen molar-refractivity contribution in [3.05, 3.63) is 29.3 Å². The van der Waals surface area contributed by atoms with Crippen molar-refractivity contribution in [2.75, 3.05) is 19.3 Å². The van der Waals surface area contributed by atoms with Crippen LogP contribution >= 0.6 is 0 Å². The standard InChI is InChI=1S/C11H12F2N2/c1-15-5-3-2-4-8-6-9(12)7-10(13)11(8)14/h6-7,15H,3,5,14H2,1H3. The molecule has 1 aromatic rings. The first-order valence-corrected chi connectivity index (χ1v) is 4.53. The van der Waals surface area contributed by atoms with E-state index in [2.05, 4.69) is 17.2 Å². The number of nitrogen functional groups attached to an aromatic ring is 1. The van der Waals surface area contributed by atoms with Crippen molar-refractivity contribution in [2.45, 2.75) is 6.42 Å². The lowest BCUT2D eigenvalue weighted by Crippen LogP contribution is -2.06. The molecule has 1 rings (SSSR count). The van der Waals surface area contributed by atoms with E-state index in [1.807, 2.05) is 0 Å². The molecule has 0 aromatic heterocycles. The van der Waals surface area contributed by atoms with Crippen LogP contribution < -0.4 is 11.1 Å². The first-order valence-electron chi connectivity index (χ1n) is 4.53. The Morgan fingerprint density at radius 3 is 2.80 bits per heavy atom. The van der Waals surface area contributed by atoms with Gasteiger partial charge in [0.15, 0.2) is 0 Å². The minimum atomic E-state index is -0.770. The van der Waals surface area contributed by atoms with Gasteiger partial charge in [0.25, 0.3) is 0 Å². The predicted molar refractivity (Wildman–Crippen MR) is 56.2 cm³/mol. The fourth-order valence-electron chi connectivity index (χ4n) is 1.03. The molecule has 0 amide bonds. The normalized spacial score (nSPS) is 9.53. The van der Waals surface area contributed by atoms with Gasteiger partial charge >= 0.3 is 0 Å². The molecule has 4 heteroatoms. The summed E-state index contributed by atoms with van der Waals surface area (Å²) in [4.78, 5) is 0. The minimum absolute atomic E-state index is 0.103. The van der Waals surface area contributed by atoms with Crippen LogP contribution in [0.15, 0.2) is 12.1 Å². The van der Waals surface area contributed by atoms with E-state index in [0.717, 1.165) is 18.7 Å². The molecular weight excluding hydrogens is 198 g/mol. The van der Waals surface area contributed by atoms with Gasteiger partial charge in [0.1, 0.15) is 11.6 Å². The summed E-state index contributed by atoms with van der Waals surface area (Å²) in [5, 5.41) is 2.91. The molecule has 0 aliphatic heterocycles. The molecule has 0 aliphatic rings. The number of hydrogen-bond acceptors (Lipinski definition) is 2. The molecular formula is C11H12F2N2. The van der Waals surface area contributed by atoms with Gasteiger partial charge in [-0.05, 0) is 13.1 Å². The maximum Gasteiger partial charge on any atom is 0.150 e. The summed E-state index contributed by atoms with van der Waals surface area (Å²) in [5.74, 6) is 3.97. The molecule has 0 saturated carbocycles. The topological polar surface area (TPSA) is 38.0 Å². The van der Waals surface area contributed by atoms with Crippen LogP contribution in [-0.4, -0.2) is 13.6 Å². The minimum Gasteiger partial charge on any atom is -0.395 e. The lowest BCUT2D eigenvalue weighted by molar-refractivity contribution is 0.585. The quantitative estimate of drug-likeness (QED) is 0.441. The average Bonchev–Trinajstić information content (AvgIpc) is 2.19. The summed E-state index contributed by atoms with van der Waals surface area (Å²) in [6, 6.07) is 1.87. The second-order valence-corrected chi connectivity index (χ2v) is 3.00. The molecule has 0 radical (unpaired) electrons. The second kappa shape index (κ2) is 5.32. The molecule has 0 aliphatic carbocycles. The summed E-state index contributed by atoms with van der Waals surface area (Å²) < 4.78 is 25.8. The SMILES string of the molecule is CNCCC#Cc1cc(F)cc(F)c1N. The zero-order chi connectivity index (χ0) is 11.3. The van der Waals surface area contributed by atoms with Crippen molar-refractivity contribution in [3.8, 4) is 11.8 Å². The first-order chi connectivity index (χ1) is 7.15. The maximum absolute atomic E-state index is 13.0. The van der Waals surface area contributed by atoms with E-state index < -0.39 is 11.6 Å². The van der Waals surface area contributed by atoms with Gasteiger partial charge in [-0.2, -0.15) is 0 Å². The van der Waals surface area contributed by atoms with E-state index in [1.165, 1.54) is 0 Å². The number of halogens is 2. The molecule has 1 aromatic carbocycles. The summed E-state index contributed by atoms with van der Waals surface area (Å²) in [6.45, 7) is 0.727. The Morgan fingerprint density at radius 1 is 1.40 bits per heavy atom. The van der Waals surface area contributed by atoms with Crippen molar-refractivity contribution < 1.29 is 8.78 Å². The Kier molecular flexibility index (Phi) is 4.07. The molecule has 2 nitrogen and oxygen atoms in total. The van der Waals surface area contributed by atoms with Gasteiger partial charge in [0.05, 0.1) is 11.3 Å². The Hall–Kier alpha value is -1.60. The lowest BCUT2D eigenvalue weighted by Gasteiger charge is -1.99.